The predicted octanol–water partition coefficient (Wildman–Crippen LogP) is 3.67. The van der Waals surface area contributed by atoms with Crippen molar-refractivity contribution in [1.29, 1.82) is 0 Å². The molecule has 0 atom stereocenters. The van der Waals surface area contributed by atoms with Crippen LogP contribution in [0.4, 0.5) is 0 Å². The molecule has 0 bridgehead atoms. The molecule has 0 unspecified atom stereocenters. The van der Waals surface area contributed by atoms with Gasteiger partial charge in [-0.1, -0.05) is 12.1 Å². The van der Waals surface area contributed by atoms with Gasteiger partial charge in [-0.05, 0) is 24.4 Å². The minimum Gasteiger partial charge on any atom is -0.462 e. The molecule has 1 aromatic carbocycles. The lowest BCUT2D eigenvalue weighted by molar-refractivity contribution is -0.151. The van der Waals surface area contributed by atoms with E-state index in [9.17, 15) is 9.59 Å². The average molecular weight is 406 g/mol. The van der Waals surface area contributed by atoms with E-state index in [1.54, 1.807) is 11.3 Å². The Labute approximate surface area is 160 Å². The first-order valence-corrected chi connectivity index (χ1v) is 9.66. The summed E-state index contributed by atoms with van der Waals surface area (Å²) in [5, 5.41) is 0. The number of fused-ring (bicyclic) bond motifs is 1. The number of ether oxygens (including phenoxy) is 2. The highest BCUT2D eigenvalue weighted by molar-refractivity contribution is 7.80. The molecule has 0 amide bonds. The molecule has 1 aromatic heterocycles. The van der Waals surface area contributed by atoms with E-state index in [2.05, 4.69) is 36.3 Å². The second kappa shape index (κ2) is 12.3. The number of carbonyl (C=O) groups excluding carboxylic acids is 2. The maximum atomic E-state index is 10.8. The topological polar surface area (TPSA) is 68.4 Å². The summed E-state index contributed by atoms with van der Waals surface area (Å²) in [7, 11) is 0. The van der Waals surface area contributed by atoms with Gasteiger partial charge in [0.25, 0.3) is 0 Å². The van der Waals surface area contributed by atoms with Gasteiger partial charge in [-0.3, -0.25) is 9.59 Å². The van der Waals surface area contributed by atoms with Crippen molar-refractivity contribution >= 4 is 71.0 Å². The second-order valence-corrected chi connectivity index (χ2v) is 7.01. The lowest BCUT2D eigenvalue weighted by atomic mass is 10.3. The number of benzene rings is 1. The predicted molar refractivity (Wildman–Crippen MR) is 106 cm³/mol. The summed E-state index contributed by atoms with van der Waals surface area (Å²) >= 11 is 14.3. The van der Waals surface area contributed by atoms with Crippen LogP contribution in [0.1, 0.15) is 12.8 Å². The number of H-pyrrole nitrogens is 1. The molecule has 132 valence electrons. The summed E-state index contributed by atoms with van der Waals surface area (Å²) in [5.74, 6) is 0.256. The molecule has 1 N–H and O–H groups in total. The molecule has 0 aliphatic carbocycles. The van der Waals surface area contributed by atoms with E-state index in [-0.39, 0.29) is 38.0 Å². The fourth-order valence-corrected chi connectivity index (χ4v) is 3.01. The first-order valence-electron chi connectivity index (χ1n) is 7.17. The number of nitrogens with one attached hydrogen (secondary N) is 1. The van der Waals surface area contributed by atoms with Crippen LogP contribution in [0.5, 0.6) is 0 Å². The maximum Gasteiger partial charge on any atom is 0.306 e. The number of thiazole rings is 1. The summed E-state index contributed by atoms with van der Waals surface area (Å²) in [6.45, 7) is 0.204. The van der Waals surface area contributed by atoms with Gasteiger partial charge < -0.3 is 14.5 Å². The quantitative estimate of drug-likeness (QED) is 0.284. The number of carbonyl (C=O) groups is 2. The molecule has 0 saturated heterocycles. The zero-order valence-electron chi connectivity index (χ0n) is 12.9. The summed E-state index contributed by atoms with van der Waals surface area (Å²) < 4.78 is 11.5. The van der Waals surface area contributed by atoms with Gasteiger partial charge in [-0.25, -0.2) is 0 Å². The van der Waals surface area contributed by atoms with Crippen molar-refractivity contribution in [3.63, 3.8) is 0 Å². The molecule has 0 saturated carbocycles. The maximum absolute atomic E-state index is 10.8. The fraction of sp³-hybridized carbons (Fsp3) is 0.400. The van der Waals surface area contributed by atoms with Crippen LogP contribution in [0.2, 0.25) is 0 Å². The Bertz CT molecular complexity index is 642. The van der Waals surface area contributed by atoms with E-state index < -0.39 is 0 Å². The molecule has 0 radical (unpaired) electrons. The summed E-state index contributed by atoms with van der Waals surface area (Å²) in [6.07, 6.45) is 0.543. The highest BCUT2D eigenvalue weighted by Crippen LogP contribution is 2.17. The van der Waals surface area contributed by atoms with Gasteiger partial charge in [0.1, 0.15) is 13.2 Å². The Morgan fingerprint density at radius 2 is 1.58 bits per heavy atom. The minimum atomic E-state index is -0.328. The van der Waals surface area contributed by atoms with Crippen LogP contribution in [0.3, 0.4) is 0 Å². The molecule has 1 heterocycles. The molecule has 0 aliphatic rings. The largest absolute Gasteiger partial charge is 0.462 e. The Balaban J connectivity index is 0.000000250. The standard InChI is InChI=1S/C8H14O4S2.C7H5NS2/c9-7(1-5-13)11-3-4-12-8(10)2-6-14;9-7-8-5-3-1-2-4-6(5)10-7/h13-14H,1-6H2;1-4H,(H,8,9). The van der Waals surface area contributed by atoms with Crippen LogP contribution in [0, 0.1) is 3.95 Å². The van der Waals surface area contributed by atoms with E-state index in [1.165, 1.54) is 4.70 Å². The number of hydrogen-bond donors (Lipinski definition) is 3. The Morgan fingerprint density at radius 1 is 1.04 bits per heavy atom. The van der Waals surface area contributed by atoms with E-state index in [1.807, 2.05) is 18.2 Å². The molecule has 9 heteroatoms. The van der Waals surface area contributed by atoms with Crippen LogP contribution in [-0.4, -0.2) is 41.6 Å². The number of rotatable bonds is 7. The fourth-order valence-electron chi connectivity index (χ4n) is 1.53. The normalized spacial score (nSPS) is 9.92. The molecular formula is C15H19NO4S4. The highest BCUT2D eigenvalue weighted by Gasteiger charge is 2.03. The van der Waals surface area contributed by atoms with Gasteiger partial charge in [0.15, 0.2) is 3.95 Å². The van der Waals surface area contributed by atoms with Crippen molar-refractivity contribution in [3.8, 4) is 0 Å². The van der Waals surface area contributed by atoms with Crippen LogP contribution in [0.15, 0.2) is 24.3 Å². The van der Waals surface area contributed by atoms with Crippen molar-refractivity contribution in [2.24, 2.45) is 0 Å². The molecule has 2 aromatic rings. The third kappa shape index (κ3) is 8.72. The number of aromatic amines is 1. The van der Waals surface area contributed by atoms with Gasteiger partial charge in [-0.15, -0.1) is 11.3 Å². The van der Waals surface area contributed by atoms with Crippen molar-refractivity contribution in [1.82, 2.24) is 4.98 Å². The molecule has 0 aliphatic heterocycles. The second-order valence-electron chi connectivity index (χ2n) is 4.40. The van der Waals surface area contributed by atoms with Gasteiger partial charge in [0.05, 0.1) is 23.1 Å². The van der Waals surface area contributed by atoms with E-state index in [0.29, 0.717) is 11.5 Å². The van der Waals surface area contributed by atoms with Crippen LogP contribution in [0.25, 0.3) is 10.2 Å². The van der Waals surface area contributed by atoms with Crippen LogP contribution < -0.4 is 0 Å². The molecular weight excluding hydrogens is 386 g/mol. The van der Waals surface area contributed by atoms with Crippen molar-refractivity contribution in [2.75, 3.05) is 24.7 Å². The first kappa shape index (κ1) is 21.0. The smallest absolute Gasteiger partial charge is 0.306 e. The molecule has 0 spiro atoms. The number of hydrogen-bond acceptors (Lipinski definition) is 8. The van der Waals surface area contributed by atoms with Crippen LogP contribution >= 0.6 is 48.8 Å². The zero-order valence-corrected chi connectivity index (χ0v) is 16.3. The summed E-state index contributed by atoms with van der Waals surface area (Å²) in [5.41, 5.74) is 1.14. The van der Waals surface area contributed by atoms with Crippen molar-refractivity contribution in [2.45, 2.75) is 12.8 Å². The third-order valence-electron chi connectivity index (χ3n) is 2.57. The highest BCUT2D eigenvalue weighted by atomic mass is 32.1. The Kier molecular flexibility index (Phi) is 10.8. The third-order valence-corrected chi connectivity index (χ3v) is 4.23. The van der Waals surface area contributed by atoms with E-state index in [0.717, 1.165) is 9.47 Å². The monoisotopic (exact) mass is 405 g/mol. The SMILES string of the molecule is O=C(CCS)OCCOC(=O)CCS.S=c1[nH]c2ccccc2s1. The number of esters is 2. The van der Waals surface area contributed by atoms with Gasteiger partial charge in [0, 0.05) is 11.5 Å². The van der Waals surface area contributed by atoms with Gasteiger partial charge in [-0.2, -0.15) is 25.3 Å². The first-order chi connectivity index (χ1) is 11.6. The lowest BCUT2D eigenvalue weighted by Gasteiger charge is -2.04. The van der Waals surface area contributed by atoms with Gasteiger partial charge in [0.2, 0.25) is 0 Å². The van der Waals surface area contributed by atoms with E-state index >= 15 is 0 Å². The Morgan fingerprint density at radius 3 is 2.08 bits per heavy atom. The van der Waals surface area contributed by atoms with E-state index in [4.69, 9.17) is 21.7 Å². The Hall–Kier alpha value is -1.03. The van der Waals surface area contributed by atoms with Crippen LogP contribution in [-0.2, 0) is 19.1 Å². The molecule has 2 rings (SSSR count). The summed E-state index contributed by atoms with van der Waals surface area (Å²) in [6, 6.07) is 8.11. The van der Waals surface area contributed by atoms with Crippen molar-refractivity contribution < 1.29 is 19.1 Å². The summed E-state index contributed by atoms with van der Waals surface area (Å²) in [4.78, 5) is 24.7. The number of aromatic nitrogens is 1. The number of para-hydroxylation sites is 1. The molecule has 5 nitrogen and oxygen atoms in total. The minimum absolute atomic E-state index is 0.102. The zero-order chi connectivity index (χ0) is 17.8. The van der Waals surface area contributed by atoms with Gasteiger partial charge >= 0.3 is 11.9 Å². The lowest BCUT2D eigenvalue weighted by Crippen LogP contribution is -2.14. The average Bonchev–Trinajstić information content (AvgIpc) is 2.93. The van der Waals surface area contributed by atoms with Crippen molar-refractivity contribution in [3.05, 3.63) is 28.2 Å². The molecule has 0 fully saturated rings. The number of thiol groups is 2. The molecule has 24 heavy (non-hydrogen) atoms.